The fraction of sp³-hybridized carbons (Fsp3) is 0.538. The summed E-state index contributed by atoms with van der Waals surface area (Å²) in [6.07, 6.45) is -2.31. The zero-order valence-electron chi connectivity index (χ0n) is 10.4. The Morgan fingerprint density at radius 2 is 1.88 bits per heavy atom. The van der Waals surface area contributed by atoms with E-state index in [-0.39, 0.29) is 12.0 Å². The van der Waals surface area contributed by atoms with E-state index in [1.165, 1.54) is 0 Å². The number of alkyl halides is 2. The van der Waals surface area contributed by atoms with Gasteiger partial charge in [-0.25, -0.2) is 8.78 Å². The van der Waals surface area contributed by atoms with Gasteiger partial charge in [-0.3, -0.25) is 4.90 Å². The number of nitrogens with two attached hydrogens (primary N) is 1. The van der Waals surface area contributed by atoms with Crippen LogP contribution in [0.25, 0.3) is 0 Å². The van der Waals surface area contributed by atoms with Crippen molar-refractivity contribution in [2.75, 3.05) is 26.7 Å². The Bertz CT molecular complexity index is 329. The summed E-state index contributed by atoms with van der Waals surface area (Å²) in [4.78, 5) is 1.63. The van der Waals surface area contributed by atoms with Crippen LogP contribution in [0, 0.1) is 0 Å². The van der Waals surface area contributed by atoms with Crippen LogP contribution < -0.4 is 5.73 Å². The second-order valence-corrected chi connectivity index (χ2v) is 4.72. The summed E-state index contributed by atoms with van der Waals surface area (Å²) >= 11 is 0. The molecule has 0 aliphatic carbocycles. The van der Waals surface area contributed by atoms with Gasteiger partial charge in [0.2, 0.25) is 0 Å². The highest BCUT2D eigenvalue weighted by molar-refractivity contribution is 5.25. The molecule has 0 aromatic heterocycles. The molecular weight excluding hydrogens is 222 g/mol. The number of likely N-dealkylation sites (N-methyl/N-ethyl adjacent to an activating group) is 1. The highest BCUT2D eigenvalue weighted by atomic mass is 19.3. The summed E-state index contributed by atoms with van der Waals surface area (Å²) in [5.41, 5.74) is 6.60. The Labute approximate surface area is 101 Å². The number of benzene rings is 1. The van der Waals surface area contributed by atoms with E-state index < -0.39 is 6.43 Å². The molecule has 2 N–H and O–H groups in total. The molecule has 4 heteroatoms. The Morgan fingerprint density at radius 3 is 2.35 bits per heavy atom. The summed E-state index contributed by atoms with van der Waals surface area (Å²) in [6, 6.07) is 9.79. The zero-order chi connectivity index (χ0) is 12.9. The quantitative estimate of drug-likeness (QED) is 0.827. The van der Waals surface area contributed by atoms with Gasteiger partial charge >= 0.3 is 0 Å². The maximum Gasteiger partial charge on any atom is 0.251 e. The predicted molar refractivity (Wildman–Crippen MR) is 66.3 cm³/mol. The minimum absolute atomic E-state index is 0.220. The van der Waals surface area contributed by atoms with E-state index in [9.17, 15) is 8.78 Å². The molecule has 1 atom stereocenters. The summed E-state index contributed by atoms with van der Waals surface area (Å²) in [7, 11) is 1.70. The van der Waals surface area contributed by atoms with Crippen LogP contribution in [-0.2, 0) is 5.41 Å². The number of nitrogens with zero attached hydrogens (tertiary/aromatic N) is 1. The minimum Gasteiger partial charge on any atom is -0.330 e. The van der Waals surface area contributed by atoms with Crippen LogP contribution in [0.3, 0.4) is 0 Å². The maximum absolute atomic E-state index is 12.3. The summed E-state index contributed by atoms with van der Waals surface area (Å²) in [5.74, 6) is 0. The van der Waals surface area contributed by atoms with Gasteiger partial charge in [-0.1, -0.05) is 37.3 Å². The Hall–Kier alpha value is -1.00. The lowest BCUT2D eigenvalue weighted by molar-refractivity contribution is 0.0911. The van der Waals surface area contributed by atoms with Crippen molar-refractivity contribution in [1.29, 1.82) is 0 Å². The van der Waals surface area contributed by atoms with E-state index in [2.05, 4.69) is 0 Å². The molecule has 0 heterocycles. The molecule has 0 saturated carbocycles. The third-order valence-corrected chi connectivity index (χ3v) is 2.99. The number of halogens is 2. The molecule has 2 nitrogen and oxygen atoms in total. The van der Waals surface area contributed by atoms with Gasteiger partial charge in [-0.15, -0.1) is 0 Å². The Kier molecular flexibility index (Phi) is 5.02. The van der Waals surface area contributed by atoms with Gasteiger partial charge in [0.15, 0.2) is 0 Å². The highest BCUT2D eigenvalue weighted by Gasteiger charge is 2.27. The van der Waals surface area contributed by atoms with Crippen molar-refractivity contribution < 1.29 is 8.78 Å². The third-order valence-electron chi connectivity index (χ3n) is 2.99. The first-order valence-corrected chi connectivity index (χ1v) is 5.70. The molecule has 1 aromatic rings. The SMILES string of the molecule is CN(CC(F)F)CC(C)(CN)c1ccccc1. The minimum atomic E-state index is -2.31. The summed E-state index contributed by atoms with van der Waals surface area (Å²) < 4.78 is 24.6. The smallest absolute Gasteiger partial charge is 0.251 e. The van der Waals surface area contributed by atoms with E-state index in [1.807, 2.05) is 37.3 Å². The molecule has 0 amide bonds. The molecule has 0 fully saturated rings. The molecule has 0 radical (unpaired) electrons. The van der Waals surface area contributed by atoms with Crippen molar-refractivity contribution in [2.24, 2.45) is 5.73 Å². The van der Waals surface area contributed by atoms with Crippen molar-refractivity contribution in [3.05, 3.63) is 35.9 Å². The van der Waals surface area contributed by atoms with Crippen molar-refractivity contribution in [3.63, 3.8) is 0 Å². The molecule has 0 spiro atoms. The van der Waals surface area contributed by atoms with E-state index in [1.54, 1.807) is 11.9 Å². The molecular formula is C13H20F2N2. The second kappa shape index (κ2) is 6.07. The van der Waals surface area contributed by atoms with E-state index in [0.717, 1.165) is 5.56 Å². The Morgan fingerprint density at radius 1 is 1.29 bits per heavy atom. The monoisotopic (exact) mass is 242 g/mol. The number of hydrogen-bond acceptors (Lipinski definition) is 2. The number of hydrogen-bond donors (Lipinski definition) is 1. The fourth-order valence-corrected chi connectivity index (χ4v) is 2.01. The molecule has 96 valence electrons. The molecule has 0 aliphatic heterocycles. The van der Waals surface area contributed by atoms with Crippen molar-refractivity contribution >= 4 is 0 Å². The van der Waals surface area contributed by atoms with Crippen molar-refractivity contribution in [3.8, 4) is 0 Å². The van der Waals surface area contributed by atoms with Crippen molar-refractivity contribution in [1.82, 2.24) is 4.90 Å². The van der Waals surface area contributed by atoms with Gasteiger partial charge in [0, 0.05) is 18.5 Å². The lowest BCUT2D eigenvalue weighted by Gasteiger charge is -2.33. The van der Waals surface area contributed by atoms with Gasteiger partial charge < -0.3 is 5.73 Å². The van der Waals surface area contributed by atoms with Crippen LogP contribution in [0.2, 0.25) is 0 Å². The summed E-state index contributed by atoms with van der Waals surface area (Å²) in [6.45, 7) is 2.75. The molecule has 0 aliphatic rings. The van der Waals surface area contributed by atoms with Gasteiger partial charge in [-0.05, 0) is 12.6 Å². The normalized spacial score (nSPS) is 15.2. The first kappa shape index (κ1) is 14.1. The average Bonchev–Trinajstić information content (AvgIpc) is 2.29. The molecule has 1 rings (SSSR count). The second-order valence-electron chi connectivity index (χ2n) is 4.72. The Balaban J connectivity index is 2.76. The van der Waals surface area contributed by atoms with E-state index in [0.29, 0.717) is 13.1 Å². The van der Waals surface area contributed by atoms with Gasteiger partial charge in [0.25, 0.3) is 6.43 Å². The third kappa shape index (κ3) is 4.06. The summed E-state index contributed by atoms with van der Waals surface area (Å²) in [5, 5.41) is 0. The van der Waals surface area contributed by atoms with Crippen LogP contribution >= 0.6 is 0 Å². The van der Waals surface area contributed by atoms with Gasteiger partial charge in [-0.2, -0.15) is 0 Å². The van der Waals surface area contributed by atoms with Gasteiger partial charge in [0.1, 0.15) is 0 Å². The average molecular weight is 242 g/mol. The van der Waals surface area contributed by atoms with E-state index in [4.69, 9.17) is 5.73 Å². The first-order chi connectivity index (χ1) is 7.98. The molecule has 0 bridgehead atoms. The maximum atomic E-state index is 12.3. The zero-order valence-corrected chi connectivity index (χ0v) is 10.4. The lowest BCUT2D eigenvalue weighted by Crippen LogP contribution is -2.43. The molecule has 1 unspecified atom stereocenters. The fourth-order valence-electron chi connectivity index (χ4n) is 2.01. The standard InChI is InChI=1S/C13H20F2N2/c1-13(9-16,10-17(2)8-12(14)15)11-6-4-3-5-7-11/h3-7,12H,8-10,16H2,1-2H3. The van der Waals surface area contributed by atoms with Crippen LogP contribution in [0.4, 0.5) is 8.78 Å². The molecule has 17 heavy (non-hydrogen) atoms. The topological polar surface area (TPSA) is 29.3 Å². The van der Waals surface area contributed by atoms with Crippen LogP contribution in [0.1, 0.15) is 12.5 Å². The van der Waals surface area contributed by atoms with Crippen LogP contribution in [-0.4, -0.2) is 38.0 Å². The lowest BCUT2D eigenvalue weighted by atomic mass is 9.82. The first-order valence-electron chi connectivity index (χ1n) is 5.70. The number of rotatable bonds is 6. The van der Waals surface area contributed by atoms with Crippen LogP contribution in [0.15, 0.2) is 30.3 Å². The highest BCUT2D eigenvalue weighted by Crippen LogP contribution is 2.23. The van der Waals surface area contributed by atoms with Gasteiger partial charge in [0.05, 0.1) is 6.54 Å². The molecule has 1 aromatic carbocycles. The largest absolute Gasteiger partial charge is 0.330 e. The molecule has 0 saturated heterocycles. The van der Waals surface area contributed by atoms with E-state index >= 15 is 0 Å². The van der Waals surface area contributed by atoms with Crippen molar-refractivity contribution in [2.45, 2.75) is 18.8 Å². The predicted octanol–water partition coefficient (Wildman–Crippen LogP) is 2.10. The van der Waals surface area contributed by atoms with Crippen LogP contribution in [0.5, 0.6) is 0 Å².